The fourth-order valence-corrected chi connectivity index (χ4v) is 5.01. The van der Waals surface area contributed by atoms with Crippen molar-refractivity contribution >= 4 is 57.9 Å². The summed E-state index contributed by atoms with van der Waals surface area (Å²) in [5.74, 6) is 0.180. The van der Waals surface area contributed by atoms with Crippen LogP contribution in [0.2, 0.25) is 10.0 Å². The molecule has 0 N–H and O–H groups in total. The lowest BCUT2D eigenvalue weighted by molar-refractivity contribution is -0.115. The molecule has 150 valence electrons. The van der Waals surface area contributed by atoms with Crippen LogP contribution >= 0.6 is 35.0 Å². The average Bonchev–Trinajstić information content (AvgIpc) is 3.07. The number of carbonyl (C=O) groups excluding carboxylic acids is 1. The molecule has 0 saturated heterocycles. The zero-order valence-electron chi connectivity index (χ0n) is 15.8. The van der Waals surface area contributed by atoms with Crippen LogP contribution in [0.4, 0.5) is 11.4 Å². The lowest BCUT2D eigenvalue weighted by Crippen LogP contribution is -2.28. The van der Waals surface area contributed by atoms with Gasteiger partial charge in [0.25, 0.3) is 0 Å². The molecule has 0 bridgehead atoms. The monoisotopic (exact) mass is 454 g/mol. The zero-order valence-corrected chi connectivity index (χ0v) is 18.1. The number of halogens is 2. The number of fused-ring (bicyclic) bond motifs is 3. The van der Waals surface area contributed by atoms with Crippen molar-refractivity contribution in [3.63, 3.8) is 0 Å². The Labute approximate surface area is 187 Å². The molecule has 4 aromatic rings. The van der Waals surface area contributed by atoms with Crippen LogP contribution < -0.4 is 4.90 Å². The standard InChI is InChI=1S/C22H16Cl2N4OS/c23-16-11-17(24)21-25-26-22(27(21)12-16)30-13-20(29)28-18-7-3-1-5-14(18)9-10-15-6-2-4-8-19(15)28/h1-8,11-12H,9-10,13H2. The van der Waals surface area contributed by atoms with E-state index in [9.17, 15) is 4.79 Å². The van der Waals surface area contributed by atoms with E-state index >= 15 is 0 Å². The van der Waals surface area contributed by atoms with Gasteiger partial charge in [-0.25, -0.2) is 0 Å². The SMILES string of the molecule is O=C(CSc1nnc2c(Cl)cc(Cl)cn12)N1c2ccccc2CCc2ccccc21. The van der Waals surface area contributed by atoms with Gasteiger partial charge in [-0.15, -0.1) is 10.2 Å². The largest absolute Gasteiger partial charge is 0.280 e. The number of thioether (sulfide) groups is 1. The van der Waals surface area contributed by atoms with Crippen molar-refractivity contribution in [3.05, 3.63) is 82.0 Å². The molecule has 0 saturated carbocycles. The van der Waals surface area contributed by atoms with Crippen molar-refractivity contribution in [2.24, 2.45) is 0 Å². The minimum atomic E-state index is -0.0216. The number of nitrogens with zero attached hydrogens (tertiary/aromatic N) is 4. The molecule has 0 atom stereocenters. The fraction of sp³-hybridized carbons (Fsp3) is 0.136. The van der Waals surface area contributed by atoms with Crippen LogP contribution in [-0.2, 0) is 17.6 Å². The number of anilines is 2. The third-order valence-corrected chi connectivity index (χ3v) is 6.51. The predicted molar refractivity (Wildman–Crippen MR) is 121 cm³/mol. The van der Waals surface area contributed by atoms with E-state index in [0.717, 1.165) is 24.2 Å². The van der Waals surface area contributed by atoms with Crippen molar-refractivity contribution in [1.82, 2.24) is 14.6 Å². The first-order valence-corrected chi connectivity index (χ1v) is 11.2. The Kier molecular flexibility index (Phi) is 5.15. The van der Waals surface area contributed by atoms with Crippen LogP contribution in [0.15, 0.2) is 66.0 Å². The predicted octanol–water partition coefficient (Wildman–Crippen LogP) is 5.59. The van der Waals surface area contributed by atoms with Crippen LogP contribution in [0.1, 0.15) is 11.1 Å². The van der Waals surface area contributed by atoms with Crippen LogP contribution in [0.5, 0.6) is 0 Å². The average molecular weight is 455 g/mol. The molecule has 2 aromatic heterocycles. The Morgan fingerprint density at radius 2 is 1.60 bits per heavy atom. The van der Waals surface area contributed by atoms with Crippen molar-refractivity contribution < 1.29 is 4.79 Å². The maximum absolute atomic E-state index is 13.4. The fourth-order valence-electron chi connectivity index (χ4n) is 3.74. The summed E-state index contributed by atoms with van der Waals surface area (Å²) >= 11 is 13.6. The van der Waals surface area contributed by atoms with Crippen LogP contribution in [-0.4, -0.2) is 26.3 Å². The number of amides is 1. The van der Waals surface area contributed by atoms with Gasteiger partial charge in [-0.2, -0.15) is 0 Å². The van der Waals surface area contributed by atoms with Crippen LogP contribution in [0, 0.1) is 0 Å². The number of pyridine rings is 1. The highest BCUT2D eigenvalue weighted by Crippen LogP contribution is 2.36. The van der Waals surface area contributed by atoms with Crippen LogP contribution in [0.25, 0.3) is 5.65 Å². The third-order valence-electron chi connectivity index (χ3n) is 5.10. The number of aromatic nitrogens is 3. The summed E-state index contributed by atoms with van der Waals surface area (Å²) in [6.07, 6.45) is 3.50. The Hall–Kier alpha value is -2.54. The van der Waals surface area contributed by atoms with Gasteiger partial charge < -0.3 is 0 Å². The summed E-state index contributed by atoms with van der Waals surface area (Å²) in [4.78, 5) is 15.3. The molecule has 1 aliphatic heterocycles. The highest BCUT2D eigenvalue weighted by Gasteiger charge is 2.26. The number of aryl methyl sites for hydroxylation is 2. The summed E-state index contributed by atoms with van der Waals surface area (Å²) < 4.78 is 1.72. The van der Waals surface area contributed by atoms with Crippen molar-refractivity contribution in [3.8, 4) is 0 Å². The van der Waals surface area contributed by atoms with E-state index in [1.54, 1.807) is 16.7 Å². The van der Waals surface area contributed by atoms with Crippen molar-refractivity contribution in [2.75, 3.05) is 10.7 Å². The Morgan fingerprint density at radius 3 is 2.27 bits per heavy atom. The van der Waals surface area contributed by atoms with Gasteiger partial charge in [0.1, 0.15) is 0 Å². The van der Waals surface area contributed by atoms with E-state index in [2.05, 4.69) is 22.3 Å². The molecule has 0 spiro atoms. The molecule has 5 nitrogen and oxygen atoms in total. The van der Waals surface area contributed by atoms with Gasteiger partial charge >= 0.3 is 0 Å². The molecule has 2 aromatic carbocycles. The van der Waals surface area contributed by atoms with Gasteiger partial charge in [-0.05, 0) is 42.2 Å². The summed E-state index contributed by atoms with van der Waals surface area (Å²) in [5, 5.41) is 9.77. The summed E-state index contributed by atoms with van der Waals surface area (Å²) in [5.41, 5.74) is 4.72. The normalized spacial score (nSPS) is 13.1. The van der Waals surface area contributed by atoms with Gasteiger partial charge in [0.2, 0.25) is 5.91 Å². The number of hydrogen-bond donors (Lipinski definition) is 0. The van der Waals surface area contributed by atoms with Crippen molar-refractivity contribution in [2.45, 2.75) is 18.0 Å². The molecule has 0 unspecified atom stereocenters. The molecular formula is C22H16Cl2N4OS. The smallest absolute Gasteiger partial charge is 0.242 e. The second-order valence-corrected chi connectivity index (χ2v) is 8.74. The summed E-state index contributed by atoms with van der Waals surface area (Å²) in [6.45, 7) is 0. The second-order valence-electron chi connectivity index (χ2n) is 6.96. The molecule has 3 heterocycles. The number of carbonyl (C=O) groups is 1. The minimum Gasteiger partial charge on any atom is -0.280 e. The first kappa shape index (κ1) is 19.4. The van der Waals surface area contributed by atoms with Crippen molar-refractivity contribution in [1.29, 1.82) is 0 Å². The van der Waals surface area contributed by atoms with Gasteiger partial charge in [0, 0.05) is 6.20 Å². The van der Waals surface area contributed by atoms with E-state index in [1.165, 1.54) is 22.9 Å². The molecule has 1 aliphatic rings. The highest BCUT2D eigenvalue weighted by atomic mass is 35.5. The number of rotatable bonds is 3. The summed E-state index contributed by atoms with van der Waals surface area (Å²) in [7, 11) is 0. The number of benzene rings is 2. The first-order valence-electron chi connectivity index (χ1n) is 9.43. The first-order chi connectivity index (χ1) is 14.6. The van der Waals surface area contributed by atoms with Crippen LogP contribution in [0.3, 0.4) is 0 Å². The van der Waals surface area contributed by atoms with Gasteiger partial charge in [0.15, 0.2) is 10.8 Å². The topological polar surface area (TPSA) is 50.5 Å². The second kappa shape index (κ2) is 7.95. The molecule has 1 amide bonds. The van der Waals surface area contributed by atoms with E-state index < -0.39 is 0 Å². The molecule has 30 heavy (non-hydrogen) atoms. The molecule has 0 fully saturated rings. The zero-order chi connectivity index (χ0) is 20.7. The Balaban J connectivity index is 1.48. The van der Waals surface area contributed by atoms with Gasteiger partial charge in [-0.3, -0.25) is 14.1 Å². The number of hydrogen-bond acceptors (Lipinski definition) is 4. The molecule has 0 radical (unpaired) electrons. The Bertz CT molecular complexity index is 1230. The maximum atomic E-state index is 13.4. The lowest BCUT2D eigenvalue weighted by atomic mass is 10.0. The quantitative estimate of drug-likeness (QED) is 0.378. The Morgan fingerprint density at radius 1 is 0.967 bits per heavy atom. The molecule has 0 aliphatic carbocycles. The third kappa shape index (κ3) is 3.45. The van der Waals surface area contributed by atoms with Gasteiger partial charge in [-0.1, -0.05) is 71.4 Å². The molecule has 8 heteroatoms. The van der Waals surface area contributed by atoms with E-state index in [-0.39, 0.29) is 11.7 Å². The summed E-state index contributed by atoms with van der Waals surface area (Å²) in [6, 6.07) is 17.8. The molecule has 5 rings (SSSR count). The molecular weight excluding hydrogens is 439 g/mol. The van der Waals surface area contributed by atoms with E-state index in [0.29, 0.717) is 20.8 Å². The maximum Gasteiger partial charge on any atom is 0.242 e. The highest BCUT2D eigenvalue weighted by molar-refractivity contribution is 7.99. The van der Waals surface area contributed by atoms with E-state index in [1.807, 2.05) is 41.3 Å². The minimum absolute atomic E-state index is 0.0216. The van der Waals surface area contributed by atoms with Gasteiger partial charge in [0.05, 0.1) is 27.2 Å². The van der Waals surface area contributed by atoms with E-state index in [4.69, 9.17) is 23.2 Å². The lowest BCUT2D eigenvalue weighted by Gasteiger charge is -2.24. The number of para-hydroxylation sites is 2.